The van der Waals surface area contributed by atoms with Crippen LogP contribution >= 0.6 is 0 Å². The number of rotatable bonds is 8. The Labute approximate surface area is 187 Å². The molecule has 163 valence electrons. The van der Waals surface area contributed by atoms with Crippen LogP contribution in [0.5, 0.6) is 0 Å². The van der Waals surface area contributed by atoms with Gasteiger partial charge in [-0.1, -0.05) is 68.0 Å². The van der Waals surface area contributed by atoms with E-state index in [9.17, 15) is 8.42 Å². The quantitative estimate of drug-likeness (QED) is 0.448. The van der Waals surface area contributed by atoms with E-state index in [0.29, 0.717) is 26.2 Å². The Morgan fingerprint density at radius 3 is 2.58 bits per heavy atom. The van der Waals surface area contributed by atoms with Crippen molar-refractivity contribution in [1.82, 2.24) is 4.31 Å². The van der Waals surface area contributed by atoms with Crippen LogP contribution < -0.4 is 4.90 Å². The van der Waals surface area contributed by atoms with Crippen molar-refractivity contribution in [3.63, 3.8) is 0 Å². The Morgan fingerprint density at radius 1 is 1.06 bits per heavy atom. The van der Waals surface area contributed by atoms with Gasteiger partial charge in [0.05, 0.1) is 5.41 Å². The SMILES string of the molecule is CCCCCC#C/C=C/S(=O)(=O)N1CCN(c2cc[c]c(Cc3ccccc3)c2)CC1. The molecule has 5 heteroatoms. The number of nitrogens with zero attached hydrogens (tertiary/aromatic N) is 2. The minimum atomic E-state index is -3.42. The largest absolute Gasteiger partial charge is 0.369 e. The zero-order valence-corrected chi connectivity index (χ0v) is 19.1. The molecule has 1 heterocycles. The van der Waals surface area contributed by atoms with Crippen LogP contribution in [0.4, 0.5) is 5.69 Å². The fraction of sp³-hybridized carbons (Fsp3) is 0.385. The first-order chi connectivity index (χ1) is 15.1. The van der Waals surface area contributed by atoms with Crippen molar-refractivity contribution in [3.05, 3.63) is 77.2 Å². The summed E-state index contributed by atoms with van der Waals surface area (Å²) < 4.78 is 26.7. The molecule has 0 aliphatic carbocycles. The Balaban J connectivity index is 1.53. The third-order valence-corrected chi connectivity index (χ3v) is 6.94. The van der Waals surface area contributed by atoms with E-state index in [1.807, 2.05) is 30.3 Å². The van der Waals surface area contributed by atoms with Gasteiger partial charge in [-0.3, -0.25) is 0 Å². The predicted octanol–water partition coefficient (Wildman–Crippen LogP) is 4.63. The summed E-state index contributed by atoms with van der Waals surface area (Å²) >= 11 is 0. The maximum absolute atomic E-state index is 12.6. The highest BCUT2D eigenvalue weighted by atomic mass is 32.2. The fourth-order valence-corrected chi connectivity index (χ4v) is 4.70. The van der Waals surface area contributed by atoms with Gasteiger partial charge in [-0.05, 0) is 42.2 Å². The van der Waals surface area contributed by atoms with Crippen molar-refractivity contribution in [3.8, 4) is 11.8 Å². The Bertz CT molecular complexity index is 1010. The van der Waals surface area contributed by atoms with Gasteiger partial charge < -0.3 is 4.90 Å². The van der Waals surface area contributed by atoms with Gasteiger partial charge in [0.25, 0.3) is 0 Å². The van der Waals surface area contributed by atoms with Crippen molar-refractivity contribution in [2.24, 2.45) is 0 Å². The molecule has 2 aromatic rings. The van der Waals surface area contributed by atoms with Crippen LogP contribution in [-0.2, 0) is 16.4 Å². The summed E-state index contributed by atoms with van der Waals surface area (Å²) in [5.41, 5.74) is 3.52. The number of piperazine rings is 1. The molecule has 0 saturated carbocycles. The average molecular weight is 436 g/mol. The Morgan fingerprint density at radius 2 is 1.84 bits per heavy atom. The summed E-state index contributed by atoms with van der Waals surface area (Å²) in [6.45, 7) is 4.45. The minimum Gasteiger partial charge on any atom is -0.369 e. The van der Waals surface area contributed by atoms with E-state index in [0.717, 1.165) is 43.4 Å². The monoisotopic (exact) mass is 435 g/mol. The van der Waals surface area contributed by atoms with E-state index in [1.165, 1.54) is 17.0 Å². The van der Waals surface area contributed by atoms with E-state index in [-0.39, 0.29) is 0 Å². The number of sulfonamides is 1. The number of benzene rings is 2. The molecule has 1 radical (unpaired) electrons. The van der Waals surface area contributed by atoms with Crippen LogP contribution in [0.1, 0.15) is 43.7 Å². The second-order valence-electron chi connectivity index (χ2n) is 7.75. The first-order valence-electron chi connectivity index (χ1n) is 11.0. The lowest BCUT2D eigenvalue weighted by Crippen LogP contribution is -2.48. The minimum absolute atomic E-state index is 0.475. The van der Waals surface area contributed by atoms with Gasteiger partial charge in [0.15, 0.2) is 0 Å². The molecule has 0 N–H and O–H groups in total. The lowest BCUT2D eigenvalue weighted by Gasteiger charge is -2.35. The first kappa shape index (κ1) is 23.1. The van der Waals surface area contributed by atoms with Crippen LogP contribution in [0.25, 0.3) is 0 Å². The number of hydrogen-bond acceptors (Lipinski definition) is 3. The number of unbranched alkanes of at least 4 members (excludes halogenated alkanes) is 3. The van der Waals surface area contributed by atoms with Crippen LogP contribution in [0, 0.1) is 17.9 Å². The second kappa shape index (κ2) is 11.7. The lowest BCUT2D eigenvalue weighted by atomic mass is 10.0. The van der Waals surface area contributed by atoms with Gasteiger partial charge in [0.2, 0.25) is 10.0 Å². The molecule has 0 bridgehead atoms. The van der Waals surface area contributed by atoms with Crippen molar-refractivity contribution in [1.29, 1.82) is 0 Å². The van der Waals surface area contributed by atoms with Gasteiger partial charge in [0, 0.05) is 44.4 Å². The maximum atomic E-state index is 12.6. The summed E-state index contributed by atoms with van der Waals surface area (Å²) in [4.78, 5) is 2.24. The molecular weight excluding hydrogens is 404 g/mol. The predicted molar refractivity (Wildman–Crippen MR) is 128 cm³/mol. The molecule has 0 spiro atoms. The summed E-state index contributed by atoms with van der Waals surface area (Å²) in [7, 11) is -3.42. The maximum Gasteiger partial charge on any atom is 0.236 e. The standard InChI is InChI=1S/C26H31N2O2S/c1-2-3-4-5-6-7-11-21-31(29,30)28-19-17-27(18-20-28)26-16-12-15-25(23-26)22-24-13-9-8-10-14-24/h8-14,16,21,23H,2-5,17-20,22H2,1H3/b21-11+. The average Bonchev–Trinajstić information content (AvgIpc) is 2.79. The summed E-state index contributed by atoms with van der Waals surface area (Å²) in [6, 6.07) is 19.8. The van der Waals surface area contributed by atoms with E-state index < -0.39 is 10.0 Å². The third-order valence-electron chi connectivity index (χ3n) is 5.38. The molecule has 0 unspecified atom stereocenters. The lowest BCUT2D eigenvalue weighted by molar-refractivity contribution is 0.390. The van der Waals surface area contributed by atoms with E-state index in [4.69, 9.17) is 0 Å². The zero-order valence-electron chi connectivity index (χ0n) is 18.3. The van der Waals surface area contributed by atoms with Gasteiger partial charge in [0.1, 0.15) is 0 Å². The van der Waals surface area contributed by atoms with Crippen molar-refractivity contribution in [2.45, 2.75) is 39.0 Å². The highest BCUT2D eigenvalue weighted by Gasteiger charge is 2.25. The van der Waals surface area contributed by atoms with Gasteiger partial charge in [-0.2, -0.15) is 4.31 Å². The number of anilines is 1. The molecule has 0 atom stereocenters. The molecule has 1 fully saturated rings. The van der Waals surface area contributed by atoms with E-state index >= 15 is 0 Å². The second-order valence-corrected chi connectivity index (χ2v) is 9.57. The van der Waals surface area contributed by atoms with Crippen molar-refractivity contribution in [2.75, 3.05) is 31.1 Å². The normalized spacial score (nSPS) is 15.1. The molecule has 1 aliphatic heterocycles. The molecule has 31 heavy (non-hydrogen) atoms. The first-order valence-corrected chi connectivity index (χ1v) is 12.5. The zero-order chi connectivity index (χ0) is 21.9. The van der Waals surface area contributed by atoms with Crippen LogP contribution in [0.15, 0.2) is 60.0 Å². The van der Waals surface area contributed by atoms with Crippen molar-refractivity contribution >= 4 is 15.7 Å². The Hall–Kier alpha value is -2.55. The van der Waals surface area contributed by atoms with Gasteiger partial charge in [-0.25, -0.2) is 8.42 Å². The smallest absolute Gasteiger partial charge is 0.236 e. The molecule has 3 rings (SSSR count). The molecule has 0 aromatic heterocycles. The van der Waals surface area contributed by atoms with Crippen LogP contribution in [0.3, 0.4) is 0 Å². The van der Waals surface area contributed by atoms with Gasteiger partial charge >= 0.3 is 0 Å². The summed E-state index contributed by atoms with van der Waals surface area (Å²) in [6.07, 6.45) is 6.51. The van der Waals surface area contributed by atoms with Crippen molar-refractivity contribution < 1.29 is 8.42 Å². The summed E-state index contributed by atoms with van der Waals surface area (Å²) in [5.74, 6) is 5.87. The molecular formula is C26H31N2O2S. The van der Waals surface area contributed by atoms with Crippen LogP contribution in [-0.4, -0.2) is 38.9 Å². The third kappa shape index (κ3) is 7.27. The van der Waals surface area contributed by atoms with E-state index in [2.05, 4.69) is 47.9 Å². The number of hydrogen-bond donors (Lipinski definition) is 0. The van der Waals surface area contributed by atoms with Crippen LogP contribution in [0.2, 0.25) is 0 Å². The molecule has 0 amide bonds. The van der Waals surface area contributed by atoms with E-state index in [1.54, 1.807) is 4.31 Å². The summed E-state index contributed by atoms with van der Waals surface area (Å²) in [5, 5.41) is 1.24. The molecule has 1 aliphatic rings. The highest BCUT2D eigenvalue weighted by Crippen LogP contribution is 2.21. The molecule has 1 saturated heterocycles. The highest BCUT2D eigenvalue weighted by molar-refractivity contribution is 7.92. The van der Waals surface area contributed by atoms with Gasteiger partial charge in [-0.15, -0.1) is 0 Å². The molecule has 2 aromatic carbocycles. The number of allylic oxidation sites excluding steroid dienone is 1. The molecule has 4 nitrogen and oxygen atoms in total. The fourth-order valence-electron chi connectivity index (χ4n) is 3.62. The Kier molecular flexibility index (Phi) is 8.75. The topological polar surface area (TPSA) is 40.6 Å².